The molecule has 0 radical (unpaired) electrons. The van der Waals surface area contributed by atoms with Gasteiger partial charge in [0.1, 0.15) is 0 Å². The Balaban J connectivity index is 1.42. The van der Waals surface area contributed by atoms with Gasteiger partial charge in [-0.15, -0.1) is 11.3 Å². The van der Waals surface area contributed by atoms with Crippen LogP contribution in [0.25, 0.3) is 0 Å². The first-order chi connectivity index (χ1) is 14.6. The smallest absolute Gasteiger partial charge is 0.309 e. The van der Waals surface area contributed by atoms with Crippen molar-refractivity contribution >= 4 is 28.8 Å². The highest BCUT2D eigenvalue weighted by Gasteiger charge is 2.28. The van der Waals surface area contributed by atoms with Crippen molar-refractivity contribution in [2.24, 2.45) is 0 Å². The van der Waals surface area contributed by atoms with E-state index in [1.165, 1.54) is 16.1 Å². The number of amides is 2. The molecule has 4 rings (SSSR count). The van der Waals surface area contributed by atoms with Gasteiger partial charge in [0.05, 0.1) is 12.1 Å². The Morgan fingerprint density at radius 1 is 1.00 bits per heavy atom. The van der Waals surface area contributed by atoms with Crippen LogP contribution in [0.2, 0.25) is 0 Å². The summed E-state index contributed by atoms with van der Waals surface area (Å²) in [6.07, 6.45) is 0.987. The van der Waals surface area contributed by atoms with Crippen LogP contribution in [-0.4, -0.2) is 24.9 Å². The van der Waals surface area contributed by atoms with Crippen LogP contribution in [0.15, 0.2) is 72.1 Å². The maximum atomic E-state index is 12.5. The summed E-state index contributed by atoms with van der Waals surface area (Å²) in [5.74, 6) is -1.22. The van der Waals surface area contributed by atoms with Crippen LogP contribution in [0.4, 0.5) is 5.69 Å². The van der Waals surface area contributed by atoms with Crippen molar-refractivity contribution in [3.63, 3.8) is 0 Å². The zero-order valence-corrected chi connectivity index (χ0v) is 17.7. The van der Waals surface area contributed by atoms with Crippen LogP contribution in [0.5, 0.6) is 0 Å². The molecular weight excluding hydrogens is 394 g/mol. The standard InChI is InChI=1S/C24H25N3O2S/c1-17(18-8-3-2-4-9-18)26-24(29)23(28)25-16-21(22-12-7-15-30-22)27-14-13-19-10-5-6-11-20(19)27/h2-12,15,17,21H,13-14,16H2,1H3,(H,25,28)(H,26,29)/t17-,21+/m1/s1. The predicted octanol–water partition coefficient (Wildman–Crippen LogP) is 3.85. The summed E-state index contributed by atoms with van der Waals surface area (Å²) in [4.78, 5) is 28.4. The van der Waals surface area contributed by atoms with Gasteiger partial charge in [-0.05, 0) is 42.0 Å². The van der Waals surface area contributed by atoms with Gasteiger partial charge in [-0.1, -0.05) is 54.6 Å². The number of anilines is 1. The van der Waals surface area contributed by atoms with E-state index in [4.69, 9.17) is 0 Å². The number of hydrogen-bond acceptors (Lipinski definition) is 4. The Labute approximate surface area is 180 Å². The summed E-state index contributed by atoms with van der Waals surface area (Å²) >= 11 is 1.67. The molecule has 1 aliphatic rings. The number of nitrogens with one attached hydrogen (secondary N) is 2. The van der Waals surface area contributed by atoms with Crippen LogP contribution in [0.1, 0.15) is 35.0 Å². The lowest BCUT2D eigenvalue weighted by Gasteiger charge is -2.30. The summed E-state index contributed by atoms with van der Waals surface area (Å²) in [7, 11) is 0. The Kier molecular flexibility index (Phi) is 6.14. The minimum Gasteiger partial charge on any atom is -0.361 e. The fourth-order valence-electron chi connectivity index (χ4n) is 3.89. The van der Waals surface area contributed by atoms with Gasteiger partial charge >= 0.3 is 11.8 Å². The van der Waals surface area contributed by atoms with Gasteiger partial charge in [0, 0.05) is 23.7 Å². The predicted molar refractivity (Wildman–Crippen MR) is 121 cm³/mol. The molecular formula is C24H25N3O2S. The molecule has 6 heteroatoms. The molecule has 0 spiro atoms. The van der Waals surface area contributed by atoms with Crippen LogP contribution < -0.4 is 15.5 Å². The Morgan fingerprint density at radius 3 is 2.53 bits per heavy atom. The SMILES string of the molecule is C[C@@H](NC(=O)C(=O)NC[C@@H](c1cccs1)N1CCc2ccccc21)c1ccccc1. The fraction of sp³-hybridized carbons (Fsp3) is 0.250. The lowest BCUT2D eigenvalue weighted by Crippen LogP contribution is -2.44. The van der Waals surface area contributed by atoms with Gasteiger partial charge in [-0.25, -0.2) is 0 Å². The highest BCUT2D eigenvalue weighted by molar-refractivity contribution is 7.10. The van der Waals surface area contributed by atoms with Crippen LogP contribution in [-0.2, 0) is 16.0 Å². The van der Waals surface area contributed by atoms with E-state index in [9.17, 15) is 9.59 Å². The van der Waals surface area contributed by atoms with Crippen LogP contribution >= 0.6 is 11.3 Å². The molecule has 2 aromatic carbocycles. The summed E-state index contributed by atoms with van der Waals surface area (Å²) < 4.78 is 0. The number of thiophene rings is 1. The number of hydrogen-bond donors (Lipinski definition) is 2. The zero-order valence-electron chi connectivity index (χ0n) is 16.9. The molecule has 2 atom stereocenters. The number of nitrogens with zero attached hydrogens (tertiary/aromatic N) is 1. The third kappa shape index (κ3) is 4.39. The number of para-hydroxylation sites is 1. The van der Waals surface area contributed by atoms with E-state index in [1.807, 2.05) is 54.8 Å². The largest absolute Gasteiger partial charge is 0.361 e. The van der Waals surface area contributed by atoms with Gasteiger partial charge < -0.3 is 15.5 Å². The molecule has 154 valence electrons. The first-order valence-corrected chi connectivity index (χ1v) is 11.0. The molecule has 0 fully saturated rings. The molecule has 1 aromatic heterocycles. The van der Waals surface area contributed by atoms with E-state index >= 15 is 0 Å². The number of carbonyl (C=O) groups is 2. The van der Waals surface area contributed by atoms with Crippen molar-refractivity contribution in [2.75, 3.05) is 18.0 Å². The van der Waals surface area contributed by atoms with Gasteiger partial charge in [0.15, 0.2) is 0 Å². The summed E-state index contributed by atoms with van der Waals surface area (Å²) in [6, 6.07) is 21.9. The lowest BCUT2D eigenvalue weighted by molar-refractivity contribution is -0.139. The van der Waals surface area contributed by atoms with Crippen molar-refractivity contribution in [3.05, 3.63) is 88.1 Å². The maximum Gasteiger partial charge on any atom is 0.309 e. The van der Waals surface area contributed by atoms with Crippen molar-refractivity contribution in [2.45, 2.75) is 25.4 Å². The second kappa shape index (κ2) is 9.13. The minimum absolute atomic E-state index is 0.00283. The molecule has 0 bridgehead atoms. The van der Waals surface area contributed by atoms with E-state index in [1.54, 1.807) is 11.3 Å². The summed E-state index contributed by atoms with van der Waals surface area (Å²) in [5, 5.41) is 7.67. The van der Waals surface area contributed by atoms with Crippen LogP contribution in [0.3, 0.4) is 0 Å². The first kappa shape index (κ1) is 20.2. The molecule has 0 saturated heterocycles. The first-order valence-electron chi connectivity index (χ1n) is 10.1. The minimum atomic E-state index is -0.613. The third-order valence-electron chi connectivity index (χ3n) is 5.48. The number of fused-ring (bicyclic) bond motifs is 1. The summed E-state index contributed by atoms with van der Waals surface area (Å²) in [6.45, 7) is 3.14. The quantitative estimate of drug-likeness (QED) is 0.597. The van der Waals surface area contributed by atoms with Crippen molar-refractivity contribution in [1.29, 1.82) is 0 Å². The van der Waals surface area contributed by atoms with Crippen molar-refractivity contribution < 1.29 is 9.59 Å². The second-order valence-electron chi connectivity index (χ2n) is 7.42. The Bertz CT molecular complexity index is 1000. The maximum absolute atomic E-state index is 12.5. The normalized spacial score (nSPS) is 14.6. The van der Waals surface area contributed by atoms with Gasteiger partial charge in [-0.3, -0.25) is 9.59 Å². The van der Waals surface area contributed by atoms with E-state index in [0.717, 1.165) is 18.5 Å². The highest BCUT2D eigenvalue weighted by Crippen LogP contribution is 2.36. The molecule has 0 saturated carbocycles. The van der Waals surface area contributed by atoms with E-state index in [-0.39, 0.29) is 12.1 Å². The van der Waals surface area contributed by atoms with Gasteiger partial charge in [0.2, 0.25) is 0 Å². The van der Waals surface area contributed by atoms with Crippen molar-refractivity contribution in [3.8, 4) is 0 Å². The average molecular weight is 420 g/mol. The van der Waals surface area contributed by atoms with E-state index in [2.05, 4.69) is 39.8 Å². The topological polar surface area (TPSA) is 61.4 Å². The lowest BCUT2D eigenvalue weighted by atomic mass is 10.1. The Morgan fingerprint density at radius 2 is 1.77 bits per heavy atom. The number of rotatable bonds is 6. The van der Waals surface area contributed by atoms with Gasteiger partial charge in [0.25, 0.3) is 0 Å². The van der Waals surface area contributed by atoms with Crippen molar-refractivity contribution in [1.82, 2.24) is 10.6 Å². The molecule has 30 heavy (non-hydrogen) atoms. The summed E-state index contributed by atoms with van der Waals surface area (Å²) in [5.41, 5.74) is 3.48. The molecule has 0 unspecified atom stereocenters. The Hall–Kier alpha value is -3.12. The molecule has 2 amide bonds. The zero-order chi connectivity index (χ0) is 20.9. The average Bonchev–Trinajstić information content (AvgIpc) is 3.45. The third-order valence-corrected chi connectivity index (χ3v) is 6.45. The highest BCUT2D eigenvalue weighted by atomic mass is 32.1. The molecule has 1 aliphatic heterocycles. The molecule has 0 aliphatic carbocycles. The van der Waals surface area contributed by atoms with Gasteiger partial charge in [-0.2, -0.15) is 0 Å². The van der Waals surface area contributed by atoms with Crippen LogP contribution in [0, 0.1) is 0 Å². The number of benzene rings is 2. The second-order valence-corrected chi connectivity index (χ2v) is 8.40. The van der Waals surface area contributed by atoms with E-state index < -0.39 is 11.8 Å². The van der Waals surface area contributed by atoms with E-state index in [0.29, 0.717) is 6.54 Å². The molecule has 5 nitrogen and oxygen atoms in total. The fourth-order valence-corrected chi connectivity index (χ4v) is 4.73. The molecule has 2 N–H and O–H groups in total. The number of carbonyl (C=O) groups excluding carboxylic acids is 2. The molecule has 2 heterocycles. The molecule has 3 aromatic rings. The monoisotopic (exact) mass is 419 g/mol.